The number of carbonyl (C=O) groups is 1. The van der Waals surface area contributed by atoms with Gasteiger partial charge in [-0.3, -0.25) is 4.79 Å². The number of nitrogens with one attached hydrogen (secondary N) is 1. The van der Waals surface area contributed by atoms with Gasteiger partial charge in [-0.05, 0) is 53.2 Å². The first-order valence-electron chi connectivity index (χ1n) is 7.14. The zero-order valence-corrected chi connectivity index (χ0v) is 12.6. The number of tetrazole rings is 1. The Morgan fingerprint density at radius 1 is 1.17 bits per heavy atom. The lowest BCUT2D eigenvalue weighted by Gasteiger charge is -2.15. The van der Waals surface area contributed by atoms with E-state index in [1.807, 2.05) is 0 Å². The van der Waals surface area contributed by atoms with Crippen LogP contribution in [0.5, 0.6) is 0 Å². The Hall–Kier alpha value is -3.16. The normalized spacial score (nSPS) is 12.0. The summed E-state index contributed by atoms with van der Waals surface area (Å²) in [7, 11) is 0. The maximum atomic E-state index is 13.3. The average molecular weight is 329 g/mol. The molecule has 1 amide bonds. The van der Waals surface area contributed by atoms with Gasteiger partial charge in [-0.25, -0.2) is 13.5 Å². The summed E-state index contributed by atoms with van der Waals surface area (Å²) in [5.74, 6) is -2.22. The van der Waals surface area contributed by atoms with Gasteiger partial charge < -0.3 is 5.32 Å². The summed E-state index contributed by atoms with van der Waals surface area (Å²) < 4.78 is 27.7. The van der Waals surface area contributed by atoms with E-state index in [4.69, 9.17) is 0 Å². The SMILES string of the molecule is C[C@H](NC(=O)c1cccc(-n2cnnn2)c1)c1ccc(F)c(F)c1. The van der Waals surface area contributed by atoms with Crippen molar-refractivity contribution in [3.8, 4) is 5.69 Å². The second kappa shape index (κ2) is 6.53. The molecule has 0 saturated heterocycles. The van der Waals surface area contributed by atoms with E-state index in [0.29, 0.717) is 16.8 Å². The topological polar surface area (TPSA) is 72.7 Å². The first-order chi connectivity index (χ1) is 11.5. The standard InChI is InChI=1S/C16H13F2N5O/c1-10(11-5-6-14(17)15(18)8-11)20-16(24)12-3-2-4-13(7-12)23-9-19-21-22-23/h2-10H,1H3,(H,20,24)/t10-/m0/s1. The van der Waals surface area contributed by atoms with E-state index in [9.17, 15) is 13.6 Å². The minimum absolute atomic E-state index is 0.345. The largest absolute Gasteiger partial charge is 0.346 e. The number of halogens is 2. The average Bonchev–Trinajstić information content (AvgIpc) is 3.12. The van der Waals surface area contributed by atoms with Gasteiger partial charge in [0.05, 0.1) is 11.7 Å². The third-order valence-electron chi connectivity index (χ3n) is 3.51. The fourth-order valence-corrected chi connectivity index (χ4v) is 2.21. The zero-order chi connectivity index (χ0) is 17.1. The summed E-state index contributed by atoms with van der Waals surface area (Å²) in [6.07, 6.45) is 1.42. The molecule has 0 aliphatic carbocycles. The van der Waals surface area contributed by atoms with Crippen LogP contribution in [0, 0.1) is 11.6 Å². The molecule has 1 N–H and O–H groups in total. The van der Waals surface area contributed by atoms with Crippen molar-refractivity contribution in [1.29, 1.82) is 0 Å². The molecule has 0 radical (unpaired) electrons. The van der Waals surface area contributed by atoms with Gasteiger partial charge in [0, 0.05) is 5.56 Å². The lowest BCUT2D eigenvalue weighted by molar-refractivity contribution is 0.0939. The van der Waals surface area contributed by atoms with Crippen LogP contribution in [0.1, 0.15) is 28.9 Å². The molecule has 0 unspecified atom stereocenters. The Labute approximate surface area is 136 Å². The van der Waals surface area contributed by atoms with Crippen molar-refractivity contribution in [2.24, 2.45) is 0 Å². The molecule has 1 aromatic heterocycles. The molecule has 1 heterocycles. The second-order valence-electron chi connectivity index (χ2n) is 5.17. The Balaban J connectivity index is 1.77. The molecule has 0 saturated carbocycles. The van der Waals surface area contributed by atoms with Gasteiger partial charge in [-0.1, -0.05) is 12.1 Å². The molecule has 0 bridgehead atoms. The lowest BCUT2D eigenvalue weighted by Crippen LogP contribution is -2.26. The number of aromatic nitrogens is 4. The van der Waals surface area contributed by atoms with Crippen LogP contribution in [0.3, 0.4) is 0 Å². The molecule has 24 heavy (non-hydrogen) atoms. The minimum atomic E-state index is -0.950. The highest BCUT2D eigenvalue weighted by molar-refractivity contribution is 5.94. The number of carbonyl (C=O) groups excluding carboxylic acids is 1. The van der Waals surface area contributed by atoms with Crippen LogP contribution in [0.15, 0.2) is 48.8 Å². The summed E-state index contributed by atoms with van der Waals surface area (Å²) in [5, 5.41) is 13.6. The molecule has 6 nitrogen and oxygen atoms in total. The van der Waals surface area contributed by atoms with E-state index in [2.05, 4.69) is 20.8 Å². The first-order valence-corrected chi connectivity index (χ1v) is 7.14. The van der Waals surface area contributed by atoms with E-state index >= 15 is 0 Å². The summed E-state index contributed by atoms with van der Waals surface area (Å²) in [4.78, 5) is 12.4. The van der Waals surface area contributed by atoms with Gasteiger partial charge in [0.2, 0.25) is 0 Å². The fraction of sp³-hybridized carbons (Fsp3) is 0.125. The smallest absolute Gasteiger partial charge is 0.251 e. The van der Waals surface area contributed by atoms with Gasteiger partial charge in [-0.15, -0.1) is 5.10 Å². The molecule has 0 fully saturated rings. The highest BCUT2D eigenvalue weighted by Gasteiger charge is 2.14. The van der Waals surface area contributed by atoms with Crippen LogP contribution >= 0.6 is 0 Å². The molecule has 2 aromatic carbocycles. The molecule has 122 valence electrons. The Bertz CT molecular complexity index is 867. The maximum Gasteiger partial charge on any atom is 0.251 e. The monoisotopic (exact) mass is 329 g/mol. The van der Waals surface area contributed by atoms with Gasteiger partial charge in [-0.2, -0.15) is 0 Å². The van der Waals surface area contributed by atoms with Crippen LogP contribution in [-0.2, 0) is 0 Å². The zero-order valence-electron chi connectivity index (χ0n) is 12.6. The van der Waals surface area contributed by atoms with E-state index in [1.54, 1.807) is 31.2 Å². The van der Waals surface area contributed by atoms with E-state index in [1.165, 1.54) is 17.1 Å². The van der Waals surface area contributed by atoms with Crippen LogP contribution in [-0.4, -0.2) is 26.1 Å². The van der Waals surface area contributed by atoms with E-state index < -0.39 is 17.7 Å². The Morgan fingerprint density at radius 3 is 2.71 bits per heavy atom. The quantitative estimate of drug-likeness (QED) is 0.798. The number of hydrogen-bond acceptors (Lipinski definition) is 4. The first kappa shape index (κ1) is 15.7. The number of hydrogen-bond donors (Lipinski definition) is 1. The molecule has 0 spiro atoms. The van der Waals surface area contributed by atoms with E-state index in [0.717, 1.165) is 12.1 Å². The second-order valence-corrected chi connectivity index (χ2v) is 5.17. The summed E-state index contributed by atoms with van der Waals surface area (Å²) >= 11 is 0. The Kier molecular flexibility index (Phi) is 4.28. The molecule has 0 aliphatic heterocycles. The molecule has 3 aromatic rings. The van der Waals surface area contributed by atoms with Crippen molar-refractivity contribution in [1.82, 2.24) is 25.5 Å². The van der Waals surface area contributed by atoms with Crippen LogP contribution < -0.4 is 5.32 Å². The van der Waals surface area contributed by atoms with E-state index in [-0.39, 0.29) is 5.91 Å². The van der Waals surface area contributed by atoms with Crippen LogP contribution in [0.25, 0.3) is 5.69 Å². The highest BCUT2D eigenvalue weighted by Crippen LogP contribution is 2.17. The van der Waals surface area contributed by atoms with Gasteiger partial charge in [0.25, 0.3) is 5.91 Å². The summed E-state index contributed by atoms with van der Waals surface area (Å²) in [5.41, 5.74) is 1.50. The molecule has 8 heteroatoms. The predicted octanol–water partition coefficient (Wildman–Crippen LogP) is 2.43. The van der Waals surface area contributed by atoms with Crippen molar-refractivity contribution >= 4 is 5.91 Å². The summed E-state index contributed by atoms with van der Waals surface area (Å²) in [6, 6.07) is 9.78. The minimum Gasteiger partial charge on any atom is -0.346 e. The van der Waals surface area contributed by atoms with Gasteiger partial charge >= 0.3 is 0 Å². The molecule has 1 atom stereocenters. The predicted molar refractivity (Wildman–Crippen MR) is 81.4 cm³/mol. The van der Waals surface area contributed by atoms with Crippen molar-refractivity contribution in [3.63, 3.8) is 0 Å². The highest BCUT2D eigenvalue weighted by atomic mass is 19.2. The number of rotatable bonds is 4. The molecule has 0 aliphatic rings. The number of amides is 1. The van der Waals surface area contributed by atoms with Gasteiger partial charge in [0.1, 0.15) is 6.33 Å². The van der Waals surface area contributed by atoms with Crippen molar-refractivity contribution in [3.05, 3.63) is 71.6 Å². The lowest BCUT2D eigenvalue weighted by atomic mass is 10.1. The Morgan fingerprint density at radius 2 is 2.00 bits per heavy atom. The molecular formula is C16H13F2N5O. The van der Waals surface area contributed by atoms with Crippen LogP contribution in [0.4, 0.5) is 8.78 Å². The molecule has 3 rings (SSSR count). The summed E-state index contributed by atoms with van der Waals surface area (Å²) in [6.45, 7) is 1.69. The van der Waals surface area contributed by atoms with Crippen molar-refractivity contribution in [2.45, 2.75) is 13.0 Å². The third-order valence-corrected chi connectivity index (χ3v) is 3.51. The van der Waals surface area contributed by atoms with Gasteiger partial charge in [0.15, 0.2) is 11.6 Å². The van der Waals surface area contributed by atoms with Crippen molar-refractivity contribution in [2.75, 3.05) is 0 Å². The third kappa shape index (κ3) is 3.27. The maximum absolute atomic E-state index is 13.3. The number of nitrogens with zero attached hydrogens (tertiary/aromatic N) is 4. The number of benzene rings is 2. The van der Waals surface area contributed by atoms with Crippen molar-refractivity contribution < 1.29 is 13.6 Å². The molecular weight excluding hydrogens is 316 g/mol. The van der Waals surface area contributed by atoms with Crippen LogP contribution in [0.2, 0.25) is 0 Å². The fourth-order valence-electron chi connectivity index (χ4n) is 2.21.